The minimum Gasteiger partial charge on any atom is -0.465 e. The molecular weight excluding hydrogens is 236 g/mol. The predicted molar refractivity (Wildman–Crippen MR) is 67.5 cm³/mol. The van der Waals surface area contributed by atoms with E-state index < -0.39 is 0 Å². The molecule has 0 aliphatic carbocycles. The molecule has 0 bridgehead atoms. The number of hydrogen-bond acceptors (Lipinski definition) is 6. The monoisotopic (exact) mass is 260 g/mol. The third kappa shape index (κ3) is 3.91. The number of likely N-dealkylation sites (tertiary alicyclic amines) is 1. The van der Waals surface area contributed by atoms with Crippen LogP contribution in [0.5, 0.6) is 0 Å². The van der Waals surface area contributed by atoms with Crippen LogP contribution in [0.15, 0.2) is 0 Å². The van der Waals surface area contributed by atoms with Crippen LogP contribution in [0.3, 0.4) is 0 Å². The summed E-state index contributed by atoms with van der Waals surface area (Å²) in [5.41, 5.74) is 0. The molecule has 3 unspecified atom stereocenters. The van der Waals surface area contributed by atoms with Gasteiger partial charge in [-0.05, 0) is 14.0 Å². The third-order valence-electron chi connectivity index (χ3n) is 3.26. The first-order valence-corrected chi connectivity index (χ1v) is 6.28. The number of hydrogen-bond donors (Lipinski definition) is 1. The standard InChI is InChI=1S/C12H24N2O4/c1-5-18-12(15)9(13-2)6-14-7-10(16-3)11(8-14)17-4/h9-11,13H,5-8H2,1-4H3. The molecule has 1 aliphatic heterocycles. The van der Waals surface area contributed by atoms with E-state index >= 15 is 0 Å². The fourth-order valence-electron chi connectivity index (χ4n) is 2.21. The SMILES string of the molecule is CCOC(=O)C(CN1CC(OC)C(OC)C1)NC. The van der Waals surface area contributed by atoms with Gasteiger partial charge < -0.3 is 19.5 Å². The van der Waals surface area contributed by atoms with E-state index in [4.69, 9.17) is 14.2 Å². The van der Waals surface area contributed by atoms with Gasteiger partial charge in [-0.25, -0.2) is 0 Å². The Hall–Kier alpha value is -0.690. The van der Waals surface area contributed by atoms with Crippen molar-refractivity contribution in [2.45, 2.75) is 25.2 Å². The molecule has 1 aliphatic rings. The Morgan fingerprint density at radius 2 is 1.89 bits per heavy atom. The zero-order chi connectivity index (χ0) is 13.5. The number of carbonyl (C=O) groups excluding carboxylic acids is 1. The van der Waals surface area contributed by atoms with Gasteiger partial charge in [-0.15, -0.1) is 0 Å². The average Bonchev–Trinajstić information content (AvgIpc) is 2.78. The maximum atomic E-state index is 11.7. The minimum atomic E-state index is -0.307. The van der Waals surface area contributed by atoms with Crippen LogP contribution in [0.25, 0.3) is 0 Å². The van der Waals surface area contributed by atoms with Crippen molar-refractivity contribution in [3.63, 3.8) is 0 Å². The largest absolute Gasteiger partial charge is 0.465 e. The van der Waals surface area contributed by atoms with Gasteiger partial charge >= 0.3 is 5.97 Å². The van der Waals surface area contributed by atoms with Crippen molar-refractivity contribution in [2.24, 2.45) is 0 Å². The van der Waals surface area contributed by atoms with E-state index in [0.29, 0.717) is 13.2 Å². The van der Waals surface area contributed by atoms with Gasteiger partial charge in [-0.2, -0.15) is 0 Å². The van der Waals surface area contributed by atoms with Crippen molar-refractivity contribution in [1.82, 2.24) is 10.2 Å². The predicted octanol–water partition coefficient (Wildman–Crippen LogP) is -0.517. The van der Waals surface area contributed by atoms with E-state index in [0.717, 1.165) is 13.1 Å². The maximum absolute atomic E-state index is 11.7. The van der Waals surface area contributed by atoms with Gasteiger partial charge in [-0.3, -0.25) is 9.69 Å². The molecule has 0 amide bonds. The fourth-order valence-corrected chi connectivity index (χ4v) is 2.21. The number of nitrogens with zero attached hydrogens (tertiary/aromatic N) is 1. The highest BCUT2D eigenvalue weighted by Gasteiger charge is 2.34. The number of carbonyl (C=O) groups is 1. The lowest BCUT2D eigenvalue weighted by molar-refractivity contribution is -0.146. The first-order chi connectivity index (χ1) is 8.65. The van der Waals surface area contributed by atoms with Gasteiger partial charge in [-0.1, -0.05) is 0 Å². The average molecular weight is 260 g/mol. The summed E-state index contributed by atoms with van der Waals surface area (Å²) in [6, 6.07) is -0.307. The van der Waals surface area contributed by atoms with Crippen molar-refractivity contribution in [1.29, 1.82) is 0 Å². The van der Waals surface area contributed by atoms with Crippen molar-refractivity contribution in [3.05, 3.63) is 0 Å². The Balaban J connectivity index is 2.48. The van der Waals surface area contributed by atoms with Gasteiger partial charge in [0.2, 0.25) is 0 Å². The van der Waals surface area contributed by atoms with Crippen LogP contribution >= 0.6 is 0 Å². The highest BCUT2D eigenvalue weighted by atomic mass is 16.5. The van der Waals surface area contributed by atoms with Gasteiger partial charge in [0.25, 0.3) is 0 Å². The van der Waals surface area contributed by atoms with Gasteiger partial charge in [0.05, 0.1) is 18.8 Å². The topological polar surface area (TPSA) is 60.0 Å². The van der Waals surface area contributed by atoms with E-state index in [2.05, 4.69) is 10.2 Å². The molecule has 0 radical (unpaired) electrons. The lowest BCUT2D eigenvalue weighted by Crippen LogP contribution is -2.45. The van der Waals surface area contributed by atoms with E-state index in [1.807, 2.05) is 6.92 Å². The Morgan fingerprint density at radius 3 is 2.28 bits per heavy atom. The molecule has 1 fully saturated rings. The van der Waals surface area contributed by atoms with Crippen LogP contribution in [0.1, 0.15) is 6.92 Å². The summed E-state index contributed by atoms with van der Waals surface area (Å²) in [6.45, 7) is 4.36. The van der Waals surface area contributed by atoms with Crippen LogP contribution in [0.4, 0.5) is 0 Å². The Kier molecular flexibility index (Phi) is 6.56. The molecular formula is C12H24N2O4. The zero-order valence-electron chi connectivity index (χ0n) is 11.6. The fraction of sp³-hybridized carbons (Fsp3) is 0.917. The highest BCUT2D eigenvalue weighted by Crippen LogP contribution is 2.15. The second-order valence-electron chi connectivity index (χ2n) is 4.36. The summed E-state index contributed by atoms with van der Waals surface area (Å²) in [7, 11) is 5.13. The number of likely N-dealkylation sites (N-methyl/N-ethyl adjacent to an activating group) is 1. The molecule has 1 rings (SSSR count). The molecule has 1 saturated heterocycles. The van der Waals surface area contributed by atoms with Crippen LogP contribution in [0.2, 0.25) is 0 Å². The number of nitrogens with one attached hydrogen (secondary N) is 1. The van der Waals surface area contributed by atoms with Crippen LogP contribution in [0, 0.1) is 0 Å². The van der Waals surface area contributed by atoms with Crippen molar-refractivity contribution < 1.29 is 19.0 Å². The minimum absolute atomic E-state index is 0.0645. The zero-order valence-corrected chi connectivity index (χ0v) is 11.6. The van der Waals surface area contributed by atoms with Crippen molar-refractivity contribution in [2.75, 3.05) is 47.5 Å². The van der Waals surface area contributed by atoms with E-state index in [9.17, 15) is 4.79 Å². The number of rotatable bonds is 7. The van der Waals surface area contributed by atoms with E-state index in [1.165, 1.54) is 0 Å². The Bertz CT molecular complexity index is 250. The molecule has 1 heterocycles. The highest BCUT2D eigenvalue weighted by molar-refractivity contribution is 5.76. The van der Waals surface area contributed by atoms with E-state index in [1.54, 1.807) is 21.3 Å². The number of ether oxygens (including phenoxy) is 3. The lowest BCUT2D eigenvalue weighted by atomic mass is 10.3. The van der Waals surface area contributed by atoms with Gasteiger partial charge in [0.1, 0.15) is 6.04 Å². The first-order valence-electron chi connectivity index (χ1n) is 6.28. The molecule has 18 heavy (non-hydrogen) atoms. The van der Waals surface area contributed by atoms with Crippen molar-refractivity contribution in [3.8, 4) is 0 Å². The molecule has 6 nitrogen and oxygen atoms in total. The van der Waals surface area contributed by atoms with Crippen molar-refractivity contribution >= 4 is 5.97 Å². The van der Waals surface area contributed by atoms with Gasteiger partial charge in [0.15, 0.2) is 0 Å². The summed E-state index contributed by atoms with van der Waals surface area (Å²) in [5, 5.41) is 2.98. The molecule has 0 saturated carbocycles. The first kappa shape index (κ1) is 15.4. The molecule has 1 N–H and O–H groups in total. The third-order valence-corrected chi connectivity index (χ3v) is 3.26. The molecule has 0 spiro atoms. The Morgan fingerprint density at radius 1 is 1.33 bits per heavy atom. The van der Waals surface area contributed by atoms with Crippen LogP contribution in [-0.4, -0.2) is 76.6 Å². The number of esters is 1. The summed E-state index contributed by atoms with van der Waals surface area (Å²) in [6.07, 6.45) is 0.129. The second kappa shape index (κ2) is 7.68. The molecule has 3 atom stereocenters. The normalized spacial score (nSPS) is 26.2. The quantitative estimate of drug-likeness (QED) is 0.622. The summed E-state index contributed by atoms with van der Waals surface area (Å²) >= 11 is 0. The summed E-state index contributed by atoms with van der Waals surface area (Å²) < 4.78 is 15.8. The van der Waals surface area contributed by atoms with Gasteiger partial charge in [0, 0.05) is 33.9 Å². The second-order valence-corrected chi connectivity index (χ2v) is 4.36. The summed E-state index contributed by atoms with van der Waals surface area (Å²) in [5.74, 6) is -0.213. The molecule has 0 aromatic carbocycles. The molecule has 106 valence electrons. The maximum Gasteiger partial charge on any atom is 0.324 e. The smallest absolute Gasteiger partial charge is 0.324 e. The Labute approximate surface area is 109 Å². The van der Waals surface area contributed by atoms with Crippen LogP contribution < -0.4 is 5.32 Å². The molecule has 6 heteroatoms. The van der Waals surface area contributed by atoms with Crippen LogP contribution in [-0.2, 0) is 19.0 Å². The lowest BCUT2D eigenvalue weighted by Gasteiger charge is -2.21. The number of methoxy groups -OCH3 is 2. The molecule has 0 aromatic heterocycles. The molecule has 0 aromatic rings. The van der Waals surface area contributed by atoms with E-state index in [-0.39, 0.29) is 24.2 Å². The summed E-state index contributed by atoms with van der Waals surface area (Å²) in [4.78, 5) is 13.8.